The molecule has 2 aliphatic rings. The SMILES string of the molecule is CCOc1ccc(CN2C[C@@H]3C[C@H](C2)c2ccc(CN(C)C)c(=O)n2C3)cc1CO. The first kappa shape index (κ1) is 21.1. The summed E-state index contributed by atoms with van der Waals surface area (Å²) in [6.45, 7) is 6.85. The van der Waals surface area contributed by atoms with Crippen molar-refractivity contribution in [1.82, 2.24) is 14.4 Å². The molecule has 3 heterocycles. The molecule has 2 atom stereocenters. The van der Waals surface area contributed by atoms with Gasteiger partial charge in [0.25, 0.3) is 5.56 Å². The molecule has 162 valence electrons. The normalized spacial score (nSPS) is 21.0. The molecule has 0 radical (unpaired) electrons. The summed E-state index contributed by atoms with van der Waals surface area (Å²) in [5.41, 5.74) is 4.29. The topological polar surface area (TPSA) is 57.9 Å². The van der Waals surface area contributed by atoms with Gasteiger partial charge in [0.1, 0.15) is 5.75 Å². The molecule has 1 N–H and O–H groups in total. The van der Waals surface area contributed by atoms with E-state index in [1.165, 1.54) is 11.3 Å². The number of fused-ring (bicyclic) bond motifs is 4. The van der Waals surface area contributed by atoms with E-state index in [1.54, 1.807) is 0 Å². The molecule has 1 fully saturated rings. The van der Waals surface area contributed by atoms with E-state index in [1.807, 2.05) is 42.6 Å². The van der Waals surface area contributed by atoms with Gasteiger partial charge in [-0.3, -0.25) is 9.69 Å². The van der Waals surface area contributed by atoms with Crippen LogP contribution >= 0.6 is 0 Å². The van der Waals surface area contributed by atoms with Crippen LogP contribution in [0.25, 0.3) is 0 Å². The Labute approximate surface area is 178 Å². The predicted molar refractivity (Wildman–Crippen MR) is 118 cm³/mol. The van der Waals surface area contributed by atoms with Gasteiger partial charge in [0.05, 0.1) is 13.2 Å². The second-order valence-corrected chi connectivity index (χ2v) is 8.96. The maximum Gasteiger partial charge on any atom is 0.255 e. The number of aromatic nitrogens is 1. The molecule has 6 nitrogen and oxygen atoms in total. The zero-order valence-electron chi connectivity index (χ0n) is 18.3. The van der Waals surface area contributed by atoms with Crippen LogP contribution in [-0.4, -0.2) is 53.3 Å². The maximum atomic E-state index is 13.0. The minimum atomic E-state index is -0.0139. The minimum Gasteiger partial charge on any atom is -0.494 e. The predicted octanol–water partition coefficient (Wildman–Crippen LogP) is 2.42. The average Bonchev–Trinajstić information content (AvgIpc) is 2.71. The van der Waals surface area contributed by atoms with Crippen molar-refractivity contribution in [3.05, 3.63) is 63.1 Å². The summed E-state index contributed by atoms with van der Waals surface area (Å²) < 4.78 is 7.65. The molecule has 1 saturated heterocycles. The molecule has 1 aromatic carbocycles. The highest BCUT2D eigenvalue weighted by Gasteiger charge is 2.34. The number of piperidine rings is 1. The van der Waals surface area contributed by atoms with Gasteiger partial charge in [-0.25, -0.2) is 0 Å². The van der Waals surface area contributed by atoms with Crippen LogP contribution in [0.4, 0.5) is 0 Å². The highest BCUT2D eigenvalue weighted by atomic mass is 16.5. The lowest BCUT2D eigenvalue weighted by molar-refractivity contribution is 0.114. The number of aliphatic hydroxyl groups is 1. The van der Waals surface area contributed by atoms with Gasteiger partial charge >= 0.3 is 0 Å². The van der Waals surface area contributed by atoms with Crippen molar-refractivity contribution in [2.45, 2.75) is 45.5 Å². The molecule has 0 unspecified atom stereocenters. The van der Waals surface area contributed by atoms with Crippen molar-refractivity contribution < 1.29 is 9.84 Å². The van der Waals surface area contributed by atoms with Gasteiger partial charge in [0, 0.05) is 55.5 Å². The first-order valence-electron chi connectivity index (χ1n) is 10.9. The summed E-state index contributed by atoms with van der Waals surface area (Å²) in [6.07, 6.45) is 1.16. The Morgan fingerprint density at radius 1 is 1.13 bits per heavy atom. The highest BCUT2D eigenvalue weighted by Crippen LogP contribution is 2.36. The Balaban J connectivity index is 1.51. The molecule has 2 aliphatic heterocycles. The third-order valence-corrected chi connectivity index (χ3v) is 6.25. The molecule has 1 aromatic heterocycles. The number of benzene rings is 1. The molecule has 0 saturated carbocycles. The molecular formula is C24H33N3O3. The molecule has 2 bridgehead atoms. The summed E-state index contributed by atoms with van der Waals surface area (Å²) in [6, 6.07) is 10.3. The number of hydrogen-bond donors (Lipinski definition) is 1. The van der Waals surface area contributed by atoms with E-state index in [-0.39, 0.29) is 12.2 Å². The van der Waals surface area contributed by atoms with Crippen molar-refractivity contribution >= 4 is 0 Å². The van der Waals surface area contributed by atoms with E-state index in [0.29, 0.717) is 25.0 Å². The molecular weight excluding hydrogens is 378 g/mol. The van der Waals surface area contributed by atoms with E-state index in [4.69, 9.17) is 4.74 Å². The highest BCUT2D eigenvalue weighted by molar-refractivity contribution is 5.37. The van der Waals surface area contributed by atoms with Gasteiger partial charge in [-0.15, -0.1) is 0 Å². The number of likely N-dealkylation sites (tertiary alicyclic amines) is 1. The maximum absolute atomic E-state index is 13.0. The van der Waals surface area contributed by atoms with E-state index in [2.05, 4.69) is 23.1 Å². The zero-order chi connectivity index (χ0) is 21.3. The average molecular weight is 412 g/mol. The van der Waals surface area contributed by atoms with Gasteiger partial charge in [-0.2, -0.15) is 0 Å². The number of hydrogen-bond acceptors (Lipinski definition) is 5. The van der Waals surface area contributed by atoms with Crippen LogP contribution in [0.1, 0.15) is 41.6 Å². The Hall–Kier alpha value is -2.15. The summed E-state index contributed by atoms with van der Waals surface area (Å²) in [7, 11) is 4.00. The molecule has 0 aliphatic carbocycles. The lowest BCUT2D eigenvalue weighted by Gasteiger charge is -2.43. The van der Waals surface area contributed by atoms with Crippen molar-refractivity contribution in [1.29, 1.82) is 0 Å². The third kappa shape index (κ3) is 4.31. The second-order valence-electron chi connectivity index (χ2n) is 8.96. The van der Waals surface area contributed by atoms with Gasteiger partial charge in [-0.1, -0.05) is 12.1 Å². The van der Waals surface area contributed by atoms with Gasteiger partial charge in [0.2, 0.25) is 0 Å². The van der Waals surface area contributed by atoms with Crippen molar-refractivity contribution in [3.63, 3.8) is 0 Å². The fourth-order valence-corrected chi connectivity index (χ4v) is 5.09. The Morgan fingerprint density at radius 2 is 1.97 bits per heavy atom. The standard InChI is InChI=1S/C24H33N3O3/c1-4-30-23-8-5-17(9-21(23)16-28)11-26-12-18-10-20(15-26)22-7-6-19(14-25(2)3)24(29)27(22)13-18/h5-9,18,20,28H,4,10-16H2,1-3H3/t18-,20+/m0/s1. The van der Waals surface area contributed by atoms with E-state index >= 15 is 0 Å². The lowest BCUT2D eigenvalue weighted by Crippen LogP contribution is -2.47. The van der Waals surface area contributed by atoms with Crippen molar-refractivity contribution in [2.24, 2.45) is 5.92 Å². The quantitative estimate of drug-likeness (QED) is 0.758. The minimum absolute atomic E-state index is 0.0139. The van der Waals surface area contributed by atoms with E-state index in [9.17, 15) is 9.90 Å². The summed E-state index contributed by atoms with van der Waals surface area (Å²) in [4.78, 5) is 17.5. The third-order valence-electron chi connectivity index (χ3n) is 6.25. The van der Waals surface area contributed by atoms with Crippen molar-refractivity contribution in [3.8, 4) is 5.75 Å². The molecule has 4 rings (SSSR count). The largest absolute Gasteiger partial charge is 0.494 e. The fraction of sp³-hybridized carbons (Fsp3) is 0.542. The Morgan fingerprint density at radius 3 is 2.70 bits per heavy atom. The van der Waals surface area contributed by atoms with E-state index in [0.717, 1.165) is 49.5 Å². The second kappa shape index (κ2) is 8.92. The van der Waals surface area contributed by atoms with Crippen LogP contribution in [0.3, 0.4) is 0 Å². The van der Waals surface area contributed by atoms with E-state index < -0.39 is 0 Å². The first-order chi connectivity index (χ1) is 14.5. The number of ether oxygens (including phenoxy) is 1. The first-order valence-corrected chi connectivity index (χ1v) is 10.9. The molecule has 6 heteroatoms. The van der Waals surface area contributed by atoms with Gasteiger partial charge in [-0.05, 0) is 57.1 Å². The number of rotatable bonds is 7. The van der Waals surface area contributed by atoms with Crippen LogP contribution in [0, 0.1) is 5.92 Å². The monoisotopic (exact) mass is 411 g/mol. The van der Waals surface area contributed by atoms with Crippen LogP contribution in [0.2, 0.25) is 0 Å². The van der Waals surface area contributed by atoms with Crippen LogP contribution in [-0.2, 0) is 26.2 Å². The zero-order valence-corrected chi connectivity index (χ0v) is 18.3. The van der Waals surface area contributed by atoms with Gasteiger partial charge < -0.3 is 19.3 Å². The number of nitrogens with zero attached hydrogens (tertiary/aromatic N) is 3. The molecule has 2 aromatic rings. The molecule has 30 heavy (non-hydrogen) atoms. The van der Waals surface area contributed by atoms with Crippen LogP contribution < -0.4 is 10.3 Å². The smallest absolute Gasteiger partial charge is 0.255 e. The van der Waals surface area contributed by atoms with Crippen LogP contribution in [0.15, 0.2) is 35.1 Å². The lowest BCUT2D eigenvalue weighted by atomic mass is 9.82. The molecule has 0 amide bonds. The molecule has 0 spiro atoms. The Kier molecular flexibility index (Phi) is 6.27. The summed E-state index contributed by atoms with van der Waals surface area (Å²) in [5, 5.41) is 9.69. The summed E-state index contributed by atoms with van der Waals surface area (Å²) in [5.74, 6) is 1.67. The summed E-state index contributed by atoms with van der Waals surface area (Å²) >= 11 is 0. The van der Waals surface area contributed by atoms with Gasteiger partial charge in [0.15, 0.2) is 0 Å². The number of aliphatic hydroxyl groups excluding tert-OH is 1. The van der Waals surface area contributed by atoms with Crippen molar-refractivity contribution in [2.75, 3.05) is 33.8 Å². The number of pyridine rings is 1. The Bertz CT molecular complexity index is 953. The fourth-order valence-electron chi connectivity index (χ4n) is 5.09. The van der Waals surface area contributed by atoms with Crippen LogP contribution in [0.5, 0.6) is 5.75 Å².